The van der Waals surface area contributed by atoms with Gasteiger partial charge in [-0.25, -0.2) is 16.8 Å². The highest BCUT2D eigenvalue weighted by Gasteiger charge is 2.38. The number of rotatable bonds is 9. The van der Waals surface area contributed by atoms with Crippen LogP contribution in [0.25, 0.3) is 0 Å². The molecule has 9 nitrogen and oxygen atoms in total. The Kier molecular flexibility index (Phi) is 8.08. The highest BCUT2D eigenvalue weighted by atomic mass is 32.2. The highest BCUT2D eigenvalue weighted by Crippen LogP contribution is 2.25. The second-order valence-electron chi connectivity index (χ2n) is 8.03. The predicted octanol–water partition coefficient (Wildman–Crippen LogP) is 0.223. The van der Waals surface area contributed by atoms with Crippen molar-refractivity contribution in [2.45, 2.75) is 37.2 Å². The Morgan fingerprint density at radius 2 is 1.90 bits per heavy atom. The summed E-state index contributed by atoms with van der Waals surface area (Å²) in [6.07, 6.45) is 0.941. The topological polar surface area (TPSA) is 113 Å². The molecule has 2 aliphatic heterocycles. The summed E-state index contributed by atoms with van der Waals surface area (Å²) in [4.78, 5) is 13.4. The number of sulfonamides is 1. The summed E-state index contributed by atoms with van der Waals surface area (Å²) in [7, 11) is -7.07. The molecule has 0 radical (unpaired) electrons. The summed E-state index contributed by atoms with van der Waals surface area (Å²) >= 11 is 0. The number of carbonyl (C=O) groups excluding carboxylic acids is 1. The van der Waals surface area contributed by atoms with Gasteiger partial charge in [-0.05, 0) is 37.1 Å². The van der Waals surface area contributed by atoms with Crippen LogP contribution in [0.5, 0.6) is 0 Å². The molecule has 2 saturated heterocycles. The van der Waals surface area contributed by atoms with E-state index in [1.807, 2.05) is 0 Å². The lowest BCUT2D eigenvalue weighted by Crippen LogP contribution is -2.43. The number of carbonyl (C=O) groups is 1. The maximum absolute atomic E-state index is 13.4. The summed E-state index contributed by atoms with van der Waals surface area (Å²) in [5.41, 5.74) is 0.788. The van der Waals surface area contributed by atoms with E-state index in [1.54, 1.807) is 12.1 Å². The average molecular weight is 474 g/mol. The fourth-order valence-electron chi connectivity index (χ4n) is 3.92. The number of sulfone groups is 1. The number of hydrogen-bond acceptors (Lipinski definition) is 7. The maximum Gasteiger partial charge on any atom is 0.243 e. The maximum atomic E-state index is 13.4. The molecule has 0 spiro atoms. The van der Waals surface area contributed by atoms with Crippen LogP contribution in [-0.2, 0) is 35.9 Å². The zero-order chi connectivity index (χ0) is 22.5. The number of benzene rings is 1. The smallest absolute Gasteiger partial charge is 0.243 e. The first-order valence-electron chi connectivity index (χ1n) is 10.5. The van der Waals surface area contributed by atoms with Crippen molar-refractivity contribution in [3.8, 4) is 0 Å². The van der Waals surface area contributed by atoms with Crippen LogP contribution in [0.2, 0.25) is 0 Å². The van der Waals surface area contributed by atoms with E-state index < -0.39 is 25.9 Å². The molecule has 0 aromatic heterocycles. The Labute approximate surface area is 184 Å². The standard InChI is InChI=1S/C20H31N3O6S2/c1-17(24)21-15-18-3-5-20(6-4-18)31(27,28)23(19-7-14-30(25,26)16-19)9-2-8-22-10-12-29-13-11-22/h3-6,19H,2,7-16H2,1H3,(H,21,24)/t19-/m0/s1. The summed E-state index contributed by atoms with van der Waals surface area (Å²) < 4.78 is 57.6. The molecule has 174 valence electrons. The van der Waals surface area contributed by atoms with E-state index in [4.69, 9.17) is 4.74 Å². The first-order valence-corrected chi connectivity index (χ1v) is 13.8. The van der Waals surface area contributed by atoms with E-state index in [0.717, 1.165) is 25.2 Å². The van der Waals surface area contributed by atoms with Crippen molar-refractivity contribution in [2.24, 2.45) is 0 Å². The van der Waals surface area contributed by atoms with Crippen molar-refractivity contribution >= 4 is 25.8 Å². The minimum absolute atomic E-state index is 0.0167. The van der Waals surface area contributed by atoms with Crippen molar-refractivity contribution in [3.63, 3.8) is 0 Å². The van der Waals surface area contributed by atoms with E-state index in [-0.39, 0.29) is 28.9 Å². The van der Waals surface area contributed by atoms with Crippen molar-refractivity contribution in [1.82, 2.24) is 14.5 Å². The molecule has 1 amide bonds. The largest absolute Gasteiger partial charge is 0.379 e. The Morgan fingerprint density at radius 1 is 1.23 bits per heavy atom. The van der Waals surface area contributed by atoms with Gasteiger partial charge in [-0.2, -0.15) is 4.31 Å². The van der Waals surface area contributed by atoms with Gasteiger partial charge in [0.05, 0.1) is 29.6 Å². The van der Waals surface area contributed by atoms with Crippen molar-refractivity contribution < 1.29 is 26.4 Å². The zero-order valence-corrected chi connectivity index (χ0v) is 19.5. The van der Waals surface area contributed by atoms with Gasteiger partial charge in [-0.1, -0.05) is 12.1 Å². The average Bonchev–Trinajstić information content (AvgIpc) is 3.09. The quantitative estimate of drug-likeness (QED) is 0.546. The molecule has 2 fully saturated rings. The van der Waals surface area contributed by atoms with Gasteiger partial charge < -0.3 is 10.1 Å². The Hall–Kier alpha value is -1.53. The molecular formula is C20H31N3O6S2. The lowest BCUT2D eigenvalue weighted by atomic mass is 10.2. The molecule has 31 heavy (non-hydrogen) atoms. The molecule has 1 aromatic carbocycles. The van der Waals surface area contributed by atoms with Crippen molar-refractivity contribution in [1.29, 1.82) is 0 Å². The van der Waals surface area contributed by atoms with E-state index >= 15 is 0 Å². The fraction of sp³-hybridized carbons (Fsp3) is 0.650. The van der Waals surface area contributed by atoms with E-state index in [0.29, 0.717) is 32.6 Å². The molecule has 0 aliphatic carbocycles. The fourth-order valence-corrected chi connectivity index (χ4v) is 7.44. The Morgan fingerprint density at radius 3 is 2.48 bits per heavy atom. The molecule has 2 heterocycles. The summed E-state index contributed by atoms with van der Waals surface area (Å²) in [5, 5.41) is 2.68. The molecule has 1 N–H and O–H groups in total. The van der Waals surface area contributed by atoms with Crippen LogP contribution in [0.15, 0.2) is 29.2 Å². The van der Waals surface area contributed by atoms with Gasteiger partial charge in [0.15, 0.2) is 9.84 Å². The molecule has 0 unspecified atom stereocenters. The Balaban J connectivity index is 1.73. The molecular weight excluding hydrogens is 442 g/mol. The van der Waals surface area contributed by atoms with Crippen molar-refractivity contribution in [2.75, 3.05) is 50.9 Å². The normalized spacial score (nSPS) is 21.9. The number of amides is 1. The number of nitrogens with zero attached hydrogens (tertiary/aromatic N) is 2. The predicted molar refractivity (Wildman–Crippen MR) is 117 cm³/mol. The van der Waals surface area contributed by atoms with Gasteiger partial charge in [0.2, 0.25) is 15.9 Å². The monoisotopic (exact) mass is 473 g/mol. The van der Waals surface area contributed by atoms with Gasteiger partial charge in [0.1, 0.15) is 0 Å². The number of morpholine rings is 1. The first-order chi connectivity index (χ1) is 14.7. The van der Waals surface area contributed by atoms with Crippen LogP contribution >= 0.6 is 0 Å². The molecule has 0 bridgehead atoms. The third kappa shape index (κ3) is 6.72. The van der Waals surface area contributed by atoms with Crippen LogP contribution in [0.1, 0.15) is 25.3 Å². The zero-order valence-electron chi connectivity index (χ0n) is 17.8. The van der Waals surface area contributed by atoms with Gasteiger partial charge in [0, 0.05) is 39.1 Å². The number of hydrogen-bond donors (Lipinski definition) is 1. The van der Waals surface area contributed by atoms with Gasteiger partial charge in [-0.3, -0.25) is 9.69 Å². The van der Waals surface area contributed by atoms with E-state index in [9.17, 15) is 21.6 Å². The summed E-state index contributed by atoms with van der Waals surface area (Å²) in [6, 6.07) is 5.83. The van der Waals surface area contributed by atoms with Gasteiger partial charge in [-0.15, -0.1) is 0 Å². The molecule has 1 atom stereocenters. The third-order valence-electron chi connectivity index (χ3n) is 5.64. The van der Waals surface area contributed by atoms with E-state index in [1.165, 1.54) is 23.4 Å². The summed E-state index contributed by atoms with van der Waals surface area (Å²) in [5.74, 6) is -0.279. The summed E-state index contributed by atoms with van der Waals surface area (Å²) in [6.45, 7) is 5.74. The van der Waals surface area contributed by atoms with Crippen LogP contribution in [0.3, 0.4) is 0 Å². The third-order valence-corrected chi connectivity index (χ3v) is 9.36. The lowest BCUT2D eigenvalue weighted by Gasteiger charge is -2.30. The number of ether oxygens (including phenoxy) is 1. The lowest BCUT2D eigenvalue weighted by molar-refractivity contribution is -0.119. The SMILES string of the molecule is CC(=O)NCc1ccc(S(=O)(=O)N(CCCN2CCOCC2)[C@H]2CCS(=O)(=O)C2)cc1. The number of nitrogens with one attached hydrogen (secondary N) is 1. The van der Waals surface area contributed by atoms with Crippen LogP contribution in [0, 0.1) is 0 Å². The van der Waals surface area contributed by atoms with Gasteiger partial charge in [0.25, 0.3) is 0 Å². The first kappa shape index (κ1) is 24.1. The van der Waals surface area contributed by atoms with Crippen molar-refractivity contribution in [3.05, 3.63) is 29.8 Å². The minimum Gasteiger partial charge on any atom is -0.379 e. The van der Waals surface area contributed by atoms with Crippen LogP contribution in [-0.4, -0.2) is 88.9 Å². The van der Waals surface area contributed by atoms with Crippen LogP contribution < -0.4 is 5.32 Å². The molecule has 3 rings (SSSR count). The van der Waals surface area contributed by atoms with E-state index in [2.05, 4.69) is 10.2 Å². The molecule has 0 saturated carbocycles. The Bertz CT molecular complexity index is 957. The molecule has 1 aromatic rings. The molecule has 11 heteroatoms. The second-order valence-corrected chi connectivity index (χ2v) is 12.2. The van der Waals surface area contributed by atoms with Gasteiger partial charge >= 0.3 is 0 Å². The minimum atomic E-state index is -3.85. The molecule has 2 aliphatic rings. The second kappa shape index (κ2) is 10.4. The van der Waals surface area contributed by atoms with Crippen LogP contribution in [0.4, 0.5) is 0 Å². The highest BCUT2D eigenvalue weighted by molar-refractivity contribution is 7.92.